The van der Waals surface area contributed by atoms with Crippen molar-refractivity contribution in [1.82, 2.24) is 9.88 Å². The van der Waals surface area contributed by atoms with E-state index in [1.807, 2.05) is 0 Å². The van der Waals surface area contributed by atoms with Crippen LogP contribution in [-0.2, 0) is 21.2 Å². The Hall–Kier alpha value is -3.15. The molecule has 154 valence electrons. The standard InChI is InChI=1S/C17H15F3N4O4S/c1-10-15(25)24(16(26)23(10)9-11-6-7-22-14(21)8-11)12-2-4-13(5-3-12)29(27,28)17(18,19)20/h2-8,10H,9H2,1H3,(H2,21,22). The summed E-state index contributed by atoms with van der Waals surface area (Å²) in [5, 5.41) is 0. The molecule has 1 aliphatic rings. The number of hydrogen-bond acceptors (Lipinski definition) is 6. The lowest BCUT2D eigenvalue weighted by atomic mass is 10.2. The molecular formula is C17H15F3N4O4S. The van der Waals surface area contributed by atoms with Crippen molar-refractivity contribution in [3.8, 4) is 0 Å². The maximum Gasteiger partial charge on any atom is 0.501 e. The highest BCUT2D eigenvalue weighted by Gasteiger charge is 2.47. The third-order valence-corrected chi connectivity index (χ3v) is 5.89. The van der Waals surface area contributed by atoms with Crippen LogP contribution in [0, 0.1) is 0 Å². The number of hydrogen-bond donors (Lipinski definition) is 1. The van der Waals surface area contributed by atoms with Crippen LogP contribution in [0.3, 0.4) is 0 Å². The van der Waals surface area contributed by atoms with E-state index in [1.54, 1.807) is 12.1 Å². The van der Waals surface area contributed by atoms with Gasteiger partial charge in [-0.3, -0.25) is 4.79 Å². The Morgan fingerprint density at radius 1 is 1.14 bits per heavy atom. The van der Waals surface area contributed by atoms with Crippen LogP contribution < -0.4 is 10.6 Å². The number of rotatable bonds is 4. The first kappa shape index (κ1) is 20.6. The van der Waals surface area contributed by atoms with E-state index in [0.29, 0.717) is 17.7 Å². The van der Waals surface area contributed by atoms with Gasteiger partial charge in [0.05, 0.1) is 10.6 Å². The van der Waals surface area contributed by atoms with E-state index < -0.39 is 38.2 Å². The number of imide groups is 1. The molecule has 0 spiro atoms. The number of pyridine rings is 1. The molecule has 2 heterocycles. The molecule has 29 heavy (non-hydrogen) atoms. The summed E-state index contributed by atoms with van der Waals surface area (Å²) in [6, 6.07) is 5.01. The molecule has 1 atom stereocenters. The monoisotopic (exact) mass is 428 g/mol. The van der Waals surface area contributed by atoms with Crippen LogP contribution in [-0.4, -0.2) is 41.8 Å². The lowest BCUT2D eigenvalue weighted by molar-refractivity contribution is -0.119. The summed E-state index contributed by atoms with van der Waals surface area (Å²) in [4.78, 5) is 30.2. The van der Waals surface area contributed by atoms with Crippen LogP contribution in [0.5, 0.6) is 0 Å². The minimum atomic E-state index is -5.53. The van der Waals surface area contributed by atoms with E-state index in [2.05, 4.69) is 4.98 Å². The van der Waals surface area contributed by atoms with Crippen molar-refractivity contribution in [2.45, 2.75) is 29.9 Å². The van der Waals surface area contributed by atoms with Gasteiger partial charge in [-0.05, 0) is 48.9 Å². The molecule has 3 amide bonds. The van der Waals surface area contributed by atoms with Gasteiger partial charge < -0.3 is 10.6 Å². The molecule has 2 N–H and O–H groups in total. The largest absolute Gasteiger partial charge is 0.501 e. The minimum absolute atomic E-state index is 0.0373. The first-order valence-corrected chi connectivity index (χ1v) is 9.68. The number of alkyl halides is 3. The van der Waals surface area contributed by atoms with E-state index >= 15 is 0 Å². The van der Waals surface area contributed by atoms with Crippen LogP contribution in [0.1, 0.15) is 12.5 Å². The number of benzene rings is 1. The average molecular weight is 428 g/mol. The summed E-state index contributed by atoms with van der Waals surface area (Å²) < 4.78 is 60.9. The fourth-order valence-corrected chi connectivity index (χ4v) is 3.61. The van der Waals surface area contributed by atoms with Crippen molar-refractivity contribution < 1.29 is 31.2 Å². The Balaban J connectivity index is 1.88. The second-order valence-corrected chi connectivity index (χ2v) is 8.23. The van der Waals surface area contributed by atoms with Gasteiger partial charge >= 0.3 is 11.5 Å². The van der Waals surface area contributed by atoms with Gasteiger partial charge in [0.1, 0.15) is 11.9 Å². The van der Waals surface area contributed by atoms with Gasteiger partial charge in [0.15, 0.2) is 0 Å². The molecule has 0 saturated carbocycles. The summed E-state index contributed by atoms with van der Waals surface area (Å²) in [6.45, 7) is 1.57. The highest BCUT2D eigenvalue weighted by Crippen LogP contribution is 2.32. The van der Waals surface area contributed by atoms with Crippen LogP contribution in [0.2, 0.25) is 0 Å². The van der Waals surface area contributed by atoms with Crippen LogP contribution in [0.4, 0.5) is 29.5 Å². The lowest BCUT2D eigenvalue weighted by Crippen LogP contribution is -2.33. The number of carbonyl (C=O) groups excluding carboxylic acids is 2. The van der Waals surface area contributed by atoms with Gasteiger partial charge in [-0.1, -0.05) is 0 Å². The second-order valence-electron chi connectivity index (χ2n) is 6.29. The van der Waals surface area contributed by atoms with E-state index in [0.717, 1.165) is 17.0 Å². The molecule has 1 unspecified atom stereocenters. The molecule has 0 bridgehead atoms. The number of halogens is 3. The van der Waals surface area contributed by atoms with Gasteiger partial charge in [-0.2, -0.15) is 13.2 Å². The van der Waals surface area contributed by atoms with Gasteiger partial charge in [-0.25, -0.2) is 23.1 Å². The fraction of sp³-hybridized carbons (Fsp3) is 0.235. The molecular weight excluding hydrogens is 413 g/mol. The predicted molar refractivity (Wildman–Crippen MR) is 96.2 cm³/mol. The first-order chi connectivity index (χ1) is 13.4. The van der Waals surface area contributed by atoms with Crippen LogP contribution >= 0.6 is 0 Å². The zero-order valence-corrected chi connectivity index (χ0v) is 15.7. The molecule has 0 aliphatic carbocycles. The Morgan fingerprint density at radius 2 is 1.76 bits per heavy atom. The van der Waals surface area contributed by atoms with Crippen molar-refractivity contribution in [3.05, 3.63) is 48.2 Å². The number of nitrogen functional groups attached to an aromatic ring is 1. The van der Waals surface area contributed by atoms with E-state index in [1.165, 1.54) is 18.0 Å². The smallest absolute Gasteiger partial charge is 0.384 e. The second kappa shape index (κ2) is 7.03. The Labute approximate surface area is 163 Å². The molecule has 1 aromatic heterocycles. The number of urea groups is 1. The van der Waals surface area contributed by atoms with Crippen LogP contribution in [0.25, 0.3) is 0 Å². The Morgan fingerprint density at radius 3 is 2.31 bits per heavy atom. The first-order valence-electron chi connectivity index (χ1n) is 8.20. The maximum atomic E-state index is 12.7. The van der Waals surface area contributed by atoms with Gasteiger partial charge in [0.2, 0.25) is 0 Å². The topological polar surface area (TPSA) is 114 Å². The van der Waals surface area contributed by atoms with Gasteiger partial charge in [0, 0.05) is 12.7 Å². The SMILES string of the molecule is CC1C(=O)N(c2ccc(S(=O)(=O)C(F)(F)F)cc2)C(=O)N1Cc1ccnc(N)c1. The maximum absolute atomic E-state index is 12.7. The van der Waals surface area contributed by atoms with Crippen molar-refractivity contribution in [2.75, 3.05) is 10.6 Å². The number of anilines is 2. The predicted octanol–water partition coefficient (Wildman–Crippen LogP) is 2.31. The highest BCUT2D eigenvalue weighted by atomic mass is 32.2. The molecule has 0 radical (unpaired) electrons. The van der Waals surface area contributed by atoms with Crippen molar-refractivity contribution >= 4 is 33.3 Å². The zero-order chi connectivity index (χ0) is 21.6. The summed E-state index contributed by atoms with van der Waals surface area (Å²) in [7, 11) is -5.53. The summed E-state index contributed by atoms with van der Waals surface area (Å²) in [5.41, 5.74) is 0.754. The third kappa shape index (κ3) is 3.62. The van der Waals surface area contributed by atoms with Crippen molar-refractivity contribution in [3.63, 3.8) is 0 Å². The number of nitrogens with two attached hydrogens (primary N) is 1. The van der Waals surface area contributed by atoms with Crippen molar-refractivity contribution in [2.24, 2.45) is 0 Å². The molecule has 2 aromatic rings. The molecule has 1 fully saturated rings. The Bertz CT molecular complexity index is 1070. The summed E-state index contributed by atoms with van der Waals surface area (Å²) >= 11 is 0. The summed E-state index contributed by atoms with van der Waals surface area (Å²) in [5.74, 6) is -0.352. The molecule has 8 nitrogen and oxygen atoms in total. The summed E-state index contributed by atoms with van der Waals surface area (Å²) in [6.07, 6.45) is 1.45. The van der Waals surface area contributed by atoms with Gasteiger partial charge in [-0.15, -0.1) is 0 Å². The number of sulfone groups is 1. The fourth-order valence-electron chi connectivity index (χ4n) is 2.85. The average Bonchev–Trinajstić information content (AvgIpc) is 2.84. The number of carbonyl (C=O) groups is 2. The lowest BCUT2D eigenvalue weighted by Gasteiger charge is -2.19. The Kier molecular flexibility index (Phi) is 4.99. The third-order valence-electron chi connectivity index (χ3n) is 4.39. The molecule has 1 aliphatic heterocycles. The van der Waals surface area contributed by atoms with Crippen LogP contribution in [0.15, 0.2) is 47.5 Å². The number of nitrogens with zero attached hydrogens (tertiary/aromatic N) is 3. The molecule has 1 saturated heterocycles. The molecule has 3 rings (SSSR count). The quantitative estimate of drug-likeness (QED) is 0.748. The molecule has 1 aromatic carbocycles. The van der Waals surface area contributed by atoms with Gasteiger partial charge in [0.25, 0.3) is 15.7 Å². The number of aromatic nitrogens is 1. The normalized spacial score (nSPS) is 17.9. The van der Waals surface area contributed by atoms with Crippen molar-refractivity contribution in [1.29, 1.82) is 0 Å². The number of amides is 3. The highest BCUT2D eigenvalue weighted by molar-refractivity contribution is 7.92. The minimum Gasteiger partial charge on any atom is -0.384 e. The van der Waals surface area contributed by atoms with E-state index in [-0.39, 0.29) is 18.1 Å². The van der Waals surface area contributed by atoms with E-state index in [9.17, 15) is 31.2 Å². The zero-order valence-electron chi connectivity index (χ0n) is 14.9. The van der Waals surface area contributed by atoms with E-state index in [4.69, 9.17) is 5.73 Å². The molecule has 12 heteroatoms.